The number of halogens is 2. The van der Waals surface area contributed by atoms with Crippen molar-refractivity contribution in [3.63, 3.8) is 0 Å². The van der Waals surface area contributed by atoms with Gasteiger partial charge in [0.05, 0.1) is 5.60 Å². The van der Waals surface area contributed by atoms with Crippen LogP contribution in [0.5, 0.6) is 0 Å². The van der Waals surface area contributed by atoms with Crippen LogP contribution in [0.2, 0.25) is 10.0 Å². The number of rotatable bonds is 5. The topological polar surface area (TPSA) is 69.6 Å². The molecule has 2 atom stereocenters. The summed E-state index contributed by atoms with van der Waals surface area (Å²) in [7, 11) is 0. The van der Waals surface area contributed by atoms with Gasteiger partial charge in [-0.3, -0.25) is 9.59 Å². The van der Waals surface area contributed by atoms with Gasteiger partial charge in [-0.25, -0.2) is 0 Å². The van der Waals surface area contributed by atoms with Gasteiger partial charge in [0, 0.05) is 34.1 Å². The van der Waals surface area contributed by atoms with Gasteiger partial charge in [-0.2, -0.15) is 0 Å². The number of carbonyl (C=O) groups excluding carboxylic acids is 2. The fourth-order valence-corrected chi connectivity index (χ4v) is 5.01. The van der Waals surface area contributed by atoms with Gasteiger partial charge in [-0.15, -0.1) is 0 Å². The summed E-state index contributed by atoms with van der Waals surface area (Å²) in [4.78, 5) is 28.0. The molecule has 1 saturated heterocycles. The molecule has 0 aromatic heterocycles. The maximum Gasteiger partial charge on any atom is 0.251 e. The third-order valence-corrected chi connectivity index (χ3v) is 7.43. The monoisotopic (exact) mass is 474 g/mol. The Morgan fingerprint density at radius 3 is 2.06 bits per heavy atom. The first-order valence-corrected chi connectivity index (χ1v) is 11.7. The number of benzene rings is 2. The highest BCUT2D eigenvalue weighted by Gasteiger charge is 2.62. The van der Waals surface area contributed by atoms with Crippen molar-refractivity contribution in [3.05, 3.63) is 69.7 Å². The quantitative estimate of drug-likeness (QED) is 0.662. The van der Waals surface area contributed by atoms with Gasteiger partial charge in [-0.05, 0) is 67.1 Å². The predicted molar refractivity (Wildman–Crippen MR) is 126 cm³/mol. The Bertz CT molecular complexity index is 1000. The molecule has 1 heterocycles. The first kappa shape index (κ1) is 23.1. The van der Waals surface area contributed by atoms with Gasteiger partial charge in [0.1, 0.15) is 6.04 Å². The molecule has 1 aliphatic carbocycles. The van der Waals surface area contributed by atoms with Crippen LogP contribution in [0.3, 0.4) is 0 Å². The van der Waals surface area contributed by atoms with Crippen LogP contribution in [0.25, 0.3) is 0 Å². The van der Waals surface area contributed by atoms with E-state index in [0.29, 0.717) is 35.1 Å². The lowest BCUT2D eigenvalue weighted by molar-refractivity contribution is -0.146. The predicted octanol–water partition coefficient (Wildman–Crippen LogP) is 4.65. The van der Waals surface area contributed by atoms with E-state index in [4.69, 9.17) is 23.2 Å². The first-order valence-electron chi connectivity index (χ1n) is 11.0. The van der Waals surface area contributed by atoms with Crippen molar-refractivity contribution < 1.29 is 14.7 Å². The minimum atomic E-state index is -0.978. The molecule has 2 N–H and O–H groups in total. The van der Waals surface area contributed by atoms with Crippen LogP contribution in [0, 0.1) is 11.3 Å². The molecule has 7 heteroatoms. The summed E-state index contributed by atoms with van der Waals surface area (Å²) in [6.45, 7) is 4.75. The Hall–Kier alpha value is -2.08. The van der Waals surface area contributed by atoms with Crippen LogP contribution < -0.4 is 5.32 Å². The molecule has 2 aromatic carbocycles. The average molecular weight is 475 g/mol. The van der Waals surface area contributed by atoms with E-state index >= 15 is 0 Å². The maximum absolute atomic E-state index is 13.5. The Morgan fingerprint density at radius 2 is 1.53 bits per heavy atom. The number of amides is 2. The highest BCUT2D eigenvalue weighted by atomic mass is 35.5. The summed E-state index contributed by atoms with van der Waals surface area (Å²) in [6.07, 6.45) is 2.18. The van der Waals surface area contributed by atoms with Gasteiger partial charge in [-0.1, -0.05) is 49.2 Å². The number of hydrogen-bond donors (Lipinski definition) is 2. The smallest absolute Gasteiger partial charge is 0.251 e. The highest BCUT2D eigenvalue weighted by Crippen LogP contribution is 2.62. The highest BCUT2D eigenvalue weighted by molar-refractivity contribution is 6.30. The molecular weight excluding hydrogens is 447 g/mol. The second-order valence-corrected chi connectivity index (χ2v) is 10.2. The number of aliphatic hydroxyl groups is 1. The standard InChI is InChI=1S/C25H28Cl2N2O3/c1-16(2)21(28-22(30)17-3-7-19(26)8-4-17)23(31)29-14-13-25(32,24(15-29)11-12-24)18-5-9-20(27)10-6-18/h3-10,16,21,32H,11-15H2,1-2H3,(H,28,30)/t21-,25?/m1/s1. The van der Waals surface area contributed by atoms with E-state index in [1.165, 1.54) is 0 Å². The van der Waals surface area contributed by atoms with Crippen LogP contribution in [-0.2, 0) is 10.4 Å². The molecule has 5 nitrogen and oxygen atoms in total. The Balaban J connectivity index is 1.49. The molecule has 0 bridgehead atoms. The van der Waals surface area contributed by atoms with Crippen LogP contribution >= 0.6 is 23.2 Å². The number of nitrogens with zero attached hydrogens (tertiary/aromatic N) is 1. The number of likely N-dealkylation sites (tertiary alicyclic amines) is 1. The molecule has 1 unspecified atom stereocenters. The molecule has 2 amide bonds. The van der Waals surface area contributed by atoms with Crippen LogP contribution in [0.1, 0.15) is 49.0 Å². The molecule has 4 rings (SSSR count). The Kier molecular flexibility index (Phi) is 6.27. The zero-order chi connectivity index (χ0) is 23.1. The summed E-state index contributed by atoms with van der Waals surface area (Å²) in [5, 5.41) is 15.7. The summed E-state index contributed by atoms with van der Waals surface area (Å²) in [6, 6.07) is 13.3. The summed E-state index contributed by atoms with van der Waals surface area (Å²) >= 11 is 11.9. The van der Waals surface area contributed by atoms with E-state index < -0.39 is 11.6 Å². The lowest BCUT2D eigenvalue weighted by Crippen LogP contribution is -2.58. The summed E-state index contributed by atoms with van der Waals surface area (Å²) < 4.78 is 0. The second kappa shape index (κ2) is 8.69. The SMILES string of the molecule is CC(C)[C@@H](NC(=O)c1ccc(Cl)cc1)C(=O)N1CCC(O)(c2ccc(Cl)cc2)C2(CC2)C1. The van der Waals surface area contributed by atoms with Crippen LogP contribution in [-0.4, -0.2) is 41.0 Å². The summed E-state index contributed by atoms with van der Waals surface area (Å²) in [5.41, 5.74) is -0.0183. The second-order valence-electron chi connectivity index (χ2n) is 9.36. The molecule has 32 heavy (non-hydrogen) atoms. The van der Waals surface area contributed by atoms with E-state index in [9.17, 15) is 14.7 Å². The van der Waals surface area contributed by atoms with Crippen molar-refractivity contribution in [1.82, 2.24) is 10.2 Å². The molecule has 1 spiro atoms. The zero-order valence-electron chi connectivity index (χ0n) is 18.3. The molecule has 1 saturated carbocycles. The molecule has 2 fully saturated rings. The molecule has 1 aliphatic heterocycles. The van der Waals surface area contributed by atoms with Gasteiger partial charge in [0.15, 0.2) is 0 Å². The molecule has 170 valence electrons. The normalized spacial score (nSPS) is 22.6. The largest absolute Gasteiger partial charge is 0.384 e. The minimum Gasteiger partial charge on any atom is -0.384 e. The average Bonchev–Trinajstić information content (AvgIpc) is 3.55. The van der Waals surface area contributed by atoms with Gasteiger partial charge >= 0.3 is 0 Å². The van der Waals surface area contributed by atoms with Crippen molar-refractivity contribution in [2.75, 3.05) is 13.1 Å². The molecular formula is C25H28Cl2N2O3. The van der Waals surface area contributed by atoms with Crippen molar-refractivity contribution in [1.29, 1.82) is 0 Å². The van der Waals surface area contributed by atoms with Gasteiger partial charge in [0.2, 0.25) is 5.91 Å². The van der Waals surface area contributed by atoms with Crippen molar-refractivity contribution in [2.24, 2.45) is 11.3 Å². The molecule has 2 aromatic rings. The Labute approximate surface area is 198 Å². The zero-order valence-corrected chi connectivity index (χ0v) is 19.8. The van der Waals surface area contributed by atoms with Crippen molar-refractivity contribution in [3.8, 4) is 0 Å². The first-order chi connectivity index (χ1) is 15.1. The van der Waals surface area contributed by atoms with Gasteiger partial charge in [0.25, 0.3) is 5.91 Å². The lowest BCUT2D eigenvalue weighted by Gasteiger charge is -2.46. The number of nitrogens with one attached hydrogen (secondary N) is 1. The summed E-state index contributed by atoms with van der Waals surface area (Å²) in [5.74, 6) is -0.484. The lowest BCUT2D eigenvalue weighted by atomic mass is 9.73. The Morgan fingerprint density at radius 1 is 0.969 bits per heavy atom. The van der Waals surface area contributed by atoms with E-state index in [2.05, 4.69) is 5.32 Å². The number of carbonyl (C=O) groups is 2. The van der Waals surface area contributed by atoms with E-state index in [0.717, 1.165) is 18.4 Å². The van der Waals surface area contributed by atoms with E-state index in [1.54, 1.807) is 36.4 Å². The minimum absolute atomic E-state index is 0.0778. The van der Waals surface area contributed by atoms with Crippen molar-refractivity contribution in [2.45, 2.75) is 44.8 Å². The number of piperidine rings is 1. The van der Waals surface area contributed by atoms with Gasteiger partial charge < -0.3 is 15.3 Å². The van der Waals surface area contributed by atoms with Crippen molar-refractivity contribution >= 4 is 35.0 Å². The molecule has 0 radical (unpaired) electrons. The fourth-order valence-electron chi connectivity index (χ4n) is 4.76. The maximum atomic E-state index is 13.5. The molecule has 2 aliphatic rings. The van der Waals surface area contributed by atoms with Crippen LogP contribution in [0.4, 0.5) is 0 Å². The van der Waals surface area contributed by atoms with E-state index in [1.807, 2.05) is 30.9 Å². The van der Waals surface area contributed by atoms with Crippen LogP contribution in [0.15, 0.2) is 48.5 Å². The van der Waals surface area contributed by atoms with E-state index in [-0.39, 0.29) is 23.1 Å². The third kappa shape index (κ3) is 4.26. The fraction of sp³-hybridized carbons (Fsp3) is 0.440. The third-order valence-electron chi connectivity index (χ3n) is 6.93. The number of hydrogen-bond acceptors (Lipinski definition) is 3.